The first kappa shape index (κ1) is 22.2. The second kappa shape index (κ2) is 9.57. The number of thiophene rings is 1. The Morgan fingerprint density at radius 2 is 1.58 bits per heavy atom. The SMILES string of the molecule is COC(=O)c1c(NC(=O)Cc2ccccc2)sc(C(=O)Nc2cc(C)cc(C)c2)c1C. The average molecular weight is 437 g/mol. The van der Waals surface area contributed by atoms with E-state index in [9.17, 15) is 14.4 Å². The summed E-state index contributed by atoms with van der Waals surface area (Å²) in [6.45, 7) is 5.58. The van der Waals surface area contributed by atoms with E-state index in [1.54, 1.807) is 6.92 Å². The number of carbonyl (C=O) groups is 3. The number of hydrogen-bond acceptors (Lipinski definition) is 5. The lowest BCUT2D eigenvalue weighted by molar-refractivity contribution is -0.115. The van der Waals surface area contributed by atoms with Gasteiger partial charge in [0.25, 0.3) is 5.91 Å². The van der Waals surface area contributed by atoms with Crippen LogP contribution in [0.2, 0.25) is 0 Å². The summed E-state index contributed by atoms with van der Waals surface area (Å²) in [6, 6.07) is 15.0. The van der Waals surface area contributed by atoms with Gasteiger partial charge in [0.2, 0.25) is 5.91 Å². The molecule has 7 heteroatoms. The van der Waals surface area contributed by atoms with Crippen LogP contribution in [0.1, 0.15) is 42.3 Å². The Morgan fingerprint density at radius 3 is 2.19 bits per heavy atom. The normalized spacial score (nSPS) is 10.5. The Kier molecular flexibility index (Phi) is 6.87. The number of carbonyl (C=O) groups excluding carboxylic acids is 3. The number of amides is 2. The lowest BCUT2D eigenvalue weighted by atomic mass is 10.1. The number of ether oxygens (including phenoxy) is 1. The molecule has 3 rings (SSSR count). The smallest absolute Gasteiger partial charge is 0.341 e. The van der Waals surface area contributed by atoms with Crippen molar-refractivity contribution in [2.45, 2.75) is 27.2 Å². The molecule has 31 heavy (non-hydrogen) atoms. The molecule has 1 aromatic heterocycles. The first-order valence-corrected chi connectivity index (χ1v) is 10.5. The van der Waals surface area contributed by atoms with Crippen molar-refractivity contribution >= 4 is 39.8 Å². The first-order valence-electron chi connectivity index (χ1n) is 9.73. The van der Waals surface area contributed by atoms with Gasteiger partial charge in [-0.25, -0.2) is 4.79 Å². The molecule has 0 saturated heterocycles. The van der Waals surface area contributed by atoms with Gasteiger partial charge >= 0.3 is 5.97 Å². The largest absolute Gasteiger partial charge is 0.465 e. The van der Waals surface area contributed by atoms with Crippen molar-refractivity contribution in [1.29, 1.82) is 0 Å². The van der Waals surface area contributed by atoms with Gasteiger partial charge in [-0.3, -0.25) is 9.59 Å². The molecule has 2 N–H and O–H groups in total. The molecule has 0 aliphatic rings. The van der Waals surface area contributed by atoms with Gasteiger partial charge in [-0.1, -0.05) is 36.4 Å². The van der Waals surface area contributed by atoms with Crippen LogP contribution in [0.5, 0.6) is 0 Å². The molecule has 0 radical (unpaired) electrons. The molecule has 0 saturated carbocycles. The van der Waals surface area contributed by atoms with E-state index >= 15 is 0 Å². The summed E-state index contributed by atoms with van der Waals surface area (Å²) in [6.07, 6.45) is 0.155. The lowest BCUT2D eigenvalue weighted by Crippen LogP contribution is -2.16. The molecular formula is C24H24N2O4S. The van der Waals surface area contributed by atoms with Crippen molar-refractivity contribution in [2.75, 3.05) is 17.7 Å². The van der Waals surface area contributed by atoms with Crippen molar-refractivity contribution in [3.05, 3.63) is 81.2 Å². The quantitative estimate of drug-likeness (QED) is 0.539. The Hall–Kier alpha value is -3.45. The number of rotatable bonds is 6. The molecule has 1 heterocycles. The summed E-state index contributed by atoms with van der Waals surface area (Å²) in [7, 11) is 1.27. The number of esters is 1. The van der Waals surface area contributed by atoms with E-state index in [4.69, 9.17) is 4.74 Å². The van der Waals surface area contributed by atoms with Gasteiger partial charge in [0.05, 0.1) is 24.0 Å². The molecule has 0 atom stereocenters. The maximum Gasteiger partial charge on any atom is 0.341 e. The number of hydrogen-bond donors (Lipinski definition) is 2. The van der Waals surface area contributed by atoms with E-state index in [0.717, 1.165) is 28.0 Å². The van der Waals surface area contributed by atoms with E-state index in [1.165, 1.54) is 7.11 Å². The molecule has 0 bridgehead atoms. The molecule has 160 valence electrons. The van der Waals surface area contributed by atoms with Gasteiger partial charge in [0.15, 0.2) is 0 Å². The van der Waals surface area contributed by atoms with Crippen LogP contribution >= 0.6 is 11.3 Å². The standard InChI is InChI=1S/C24H24N2O4S/c1-14-10-15(2)12-18(11-14)25-22(28)21-16(3)20(24(29)30-4)23(31-21)26-19(27)13-17-8-6-5-7-9-17/h5-12H,13H2,1-4H3,(H,25,28)(H,26,27). The Labute approximate surface area is 185 Å². The number of nitrogens with one attached hydrogen (secondary N) is 2. The van der Waals surface area contributed by atoms with E-state index in [0.29, 0.717) is 21.1 Å². The summed E-state index contributed by atoms with van der Waals surface area (Å²) in [4.78, 5) is 38.2. The molecule has 0 fully saturated rings. The van der Waals surface area contributed by atoms with Crippen LogP contribution in [0.25, 0.3) is 0 Å². The third-order valence-electron chi connectivity index (χ3n) is 4.68. The third kappa shape index (κ3) is 5.38. The third-order valence-corrected chi connectivity index (χ3v) is 5.89. The Bertz CT molecular complexity index is 1120. The number of aryl methyl sites for hydroxylation is 2. The monoisotopic (exact) mass is 436 g/mol. The molecule has 3 aromatic rings. The predicted molar refractivity (Wildman–Crippen MR) is 123 cm³/mol. The molecule has 0 aliphatic carbocycles. The van der Waals surface area contributed by atoms with Crippen LogP contribution in [-0.4, -0.2) is 24.9 Å². The summed E-state index contributed by atoms with van der Waals surface area (Å²) in [5.41, 5.74) is 4.24. The van der Waals surface area contributed by atoms with Gasteiger partial charge in [-0.15, -0.1) is 11.3 Å². The van der Waals surface area contributed by atoms with Crippen LogP contribution in [0.4, 0.5) is 10.7 Å². The minimum absolute atomic E-state index is 0.155. The summed E-state index contributed by atoms with van der Waals surface area (Å²) >= 11 is 1.06. The fraction of sp³-hybridized carbons (Fsp3) is 0.208. The van der Waals surface area contributed by atoms with Crippen LogP contribution < -0.4 is 10.6 Å². The second-order valence-electron chi connectivity index (χ2n) is 7.29. The van der Waals surface area contributed by atoms with E-state index in [2.05, 4.69) is 10.6 Å². The zero-order valence-electron chi connectivity index (χ0n) is 17.9. The van der Waals surface area contributed by atoms with Crippen LogP contribution in [-0.2, 0) is 16.0 Å². The Balaban J connectivity index is 1.87. The average Bonchev–Trinajstić information content (AvgIpc) is 3.03. The zero-order valence-corrected chi connectivity index (χ0v) is 18.7. The highest BCUT2D eigenvalue weighted by molar-refractivity contribution is 7.18. The highest BCUT2D eigenvalue weighted by Gasteiger charge is 2.26. The van der Waals surface area contributed by atoms with Crippen LogP contribution in [0.15, 0.2) is 48.5 Å². The number of anilines is 2. The number of methoxy groups -OCH3 is 1. The number of benzene rings is 2. The topological polar surface area (TPSA) is 84.5 Å². The van der Waals surface area contributed by atoms with Crippen molar-refractivity contribution in [1.82, 2.24) is 0 Å². The minimum atomic E-state index is -0.603. The van der Waals surface area contributed by atoms with Crippen molar-refractivity contribution in [3.63, 3.8) is 0 Å². The summed E-state index contributed by atoms with van der Waals surface area (Å²) in [5.74, 6) is -1.23. The predicted octanol–water partition coefficient (Wildman–Crippen LogP) is 4.89. The highest BCUT2D eigenvalue weighted by Crippen LogP contribution is 2.34. The van der Waals surface area contributed by atoms with Crippen molar-refractivity contribution in [2.24, 2.45) is 0 Å². The van der Waals surface area contributed by atoms with Gasteiger partial charge in [-0.2, -0.15) is 0 Å². The molecule has 0 unspecified atom stereocenters. The Morgan fingerprint density at radius 1 is 0.935 bits per heavy atom. The van der Waals surface area contributed by atoms with E-state index in [-0.39, 0.29) is 23.8 Å². The second-order valence-corrected chi connectivity index (χ2v) is 8.31. The van der Waals surface area contributed by atoms with Gasteiger partial charge in [0, 0.05) is 5.69 Å². The first-order chi connectivity index (χ1) is 14.8. The van der Waals surface area contributed by atoms with Gasteiger partial charge in [0.1, 0.15) is 5.00 Å². The summed E-state index contributed by atoms with van der Waals surface area (Å²) in [5, 5.41) is 5.95. The molecule has 2 amide bonds. The molecule has 6 nitrogen and oxygen atoms in total. The molecular weight excluding hydrogens is 412 g/mol. The van der Waals surface area contributed by atoms with Crippen molar-refractivity contribution in [3.8, 4) is 0 Å². The maximum absolute atomic E-state index is 12.9. The zero-order chi connectivity index (χ0) is 22.5. The summed E-state index contributed by atoms with van der Waals surface area (Å²) < 4.78 is 4.89. The fourth-order valence-corrected chi connectivity index (χ4v) is 4.46. The van der Waals surface area contributed by atoms with Gasteiger partial charge < -0.3 is 15.4 Å². The lowest BCUT2D eigenvalue weighted by Gasteiger charge is -2.07. The molecule has 0 spiro atoms. The maximum atomic E-state index is 12.9. The van der Waals surface area contributed by atoms with E-state index in [1.807, 2.05) is 62.4 Å². The van der Waals surface area contributed by atoms with Crippen LogP contribution in [0.3, 0.4) is 0 Å². The van der Waals surface area contributed by atoms with Crippen molar-refractivity contribution < 1.29 is 19.1 Å². The minimum Gasteiger partial charge on any atom is -0.465 e. The van der Waals surface area contributed by atoms with Crippen LogP contribution in [0, 0.1) is 20.8 Å². The van der Waals surface area contributed by atoms with Gasteiger partial charge in [-0.05, 0) is 55.2 Å². The highest BCUT2D eigenvalue weighted by atomic mass is 32.1. The molecule has 0 aliphatic heterocycles. The van der Waals surface area contributed by atoms with E-state index < -0.39 is 5.97 Å². The molecule has 2 aromatic carbocycles. The fourth-order valence-electron chi connectivity index (χ4n) is 3.35.